The Morgan fingerprint density at radius 2 is 1.85 bits per heavy atom. The van der Waals surface area contributed by atoms with Gasteiger partial charge < -0.3 is 25.2 Å². The van der Waals surface area contributed by atoms with Crippen molar-refractivity contribution >= 4 is 17.6 Å². The number of aromatic hydroxyl groups is 1. The van der Waals surface area contributed by atoms with Crippen molar-refractivity contribution in [3.05, 3.63) is 59.7 Å². The Bertz CT molecular complexity index is 1060. The van der Waals surface area contributed by atoms with Crippen LogP contribution < -0.4 is 15.4 Å². The van der Waals surface area contributed by atoms with Crippen LogP contribution in [0.5, 0.6) is 11.5 Å². The molecule has 0 radical (unpaired) electrons. The second-order valence-electron chi connectivity index (χ2n) is 8.33. The highest BCUT2D eigenvalue weighted by molar-refractivity contribution is 5.98. The van der Waals surface area contributed by atoms with Gasteiger partial charge in [-0.15, -0.1) is 0 Å². The van der Waals surface area contributed by atoms with Crippen LogP contribution in [0.15, 0.2) is 48.5 Å². The van der Waals surface area contributed by atoms with Crippen molar-refractivity contribution in [3.63, 3.8) is 0 Å². The molecule has 0 spiro atoms. The Hall–Kier alpha value is -3.53. The Morgan fingerprint density at radius 1 is 1.15 bits per heavy atom. The number of ether oxygens (including phenoxy) is 2. The van der Waals surface area contributed by atoms with Crippen LogP contribution in [0.2, 0.25) is 0 Å². The number of halogens is 2. The molecule has 34 heavy (non-hydrogen) atoms. The number of carbonyl (C=O) groups is 3. The van der Waals surface area contributed by atoms with Gasteiger partial charge in [0.15, 0.2) is 5.78 Å². The van der Waals surface area contributed by atoms with Crippen LogP contribution in [0.4, 0.5) is 8.78 Å². The van der Waals surface area contributed by atoms with Gasteiger partial charge in [0.25, 0.3) is 5.91 Å². The van der Waals surface area contributed by atoms with E-state index >= 15 is 0 Å². The monoisotopic (exact) mass is 474 g/mol. The third kappa shape index (κ3) is 4.86. The molecule has 4 rings (SSSR count). The zero-order valence-corrected chi connectivity index (χ0v) is 18.1. The third-order valence-corrected chi connectivity index (χ3v) is 6.27. The highest BCUT2D eigenvalue weighted by atomic mass is 19.3. The number of amides is 2. The van der Waals surface area contributed by atoms with E-state index in [1.165, 1.54) is 36.4 Å². The summed E-state index contributed by atoms with van der Waals surface area (Å²) in [6, 6.07) is 11.2. The van der Waals surface area contributed by atoms with Crippen molar-refractivity contribution in [2.24, 2.45) is 0 Å². The summed E-state index contributed by atoms with van der Waals surface area (Å²) >= 11 is 0. The first kappa shape index (κ1) is 23.6. The number of nitrogens with one attached hydrogen (secondary N) is 2. The van der Waals surface area contributed by atoms with E-state index in [2.05, 4.69) is 15.4 Å². The number of hydrogen-bond acceptors (Lipinski definition) is 6. The van der Waals surface area contributed by atoms with Crippen LogP contribution in [0, 0.1) is 0 Å². The van der Waals surface area contributed by atoms with Gasteiger partial charge in [-0.2, -0.15) is 8.78 Å². The lowest BCUT2D eigenvalue weighted by atomic mass is 9.89. The van der Waals surface area contributed by atoms with E-state index < -0.39 is 29.9 Å². The average molecular weight is 474 g/mol. The van der Waals surface area contributed by atoms with Gasteiger partial charge in [-0.25, -0.2) is 0 Å². The van der Waals surface area contributed by atoms with Crippen LogP contribution in [0.25, 0.3) is 0 Å². The summed E-state index contributed by atoms with van der Waals surface area (Å²) in [5.74, 6) is -2.04. The van der Waals surface area contributed by atoms with Crippen LogP contribution in [-0.4, -0.2) is 54.1 Å². The van der Waals surface area contributed by atoms with E-state index in [1.54, 1.807) is 12.1 Å². The largest absolute Gasteiger partial charge is 0.508 e. The Morgan fingerprint density at radius 3 is 2.53 bits per heavy atom. The molecular formula is C24H24F2N2O6. The summed E-state index contributed by atoms with van der Waals surface area (Å²) in [5.41, 5.74) is -0.328. The molecule has 3 unspecified atom stereocenters. The molecule has 2 fully saturated rings. The second-order valence-corrected chi connectivity index (χ2v) is 8.33. The molecule has 2 aromatic carbocycles. The number of fused-ring (bicyclic) bond motifs is 1. The fraction of sp³-hybridized carbons (Fsp3) is 0.375. The number of phenols is 1. The van der Waals surface area contributed by atoms with E-state index in [9.17, 15) is 28.3 Å². The molecule has 0 aromatic heterocycles. The van der Waals surface area contributed by atoms with E-state index in [-0.39, 0.29) is 42.1 Å². The molecule has 1 aliphatic carbocycles. The normalized spacial score (nSPS) is 22.3. The zero-order chi connectivity index (χ0) is 24.3. The number of phenolic OH excluding ortho intramolecular Hbond substituents is 1. The molecule has 10 heteroatoms. The van der Waals surface area contributed by atoms with Crippen molar-refractivity contribution in [2.45, 2.75) is 43.4 Å². The van der Waals surface area contributed by atoms with Gasteiger partial charge in [0.2, 0.25) is 5.91 Å². The minimum Gasteiger partial charge on any atom is -0.508 e. The predicted octanol–water partition coefficient (Wildman–Crippen LogP) is 2.51. The number of rotatable bonds is 8. The fourth-order valence-electron chi connectivity index (χ4n) is 4.50. The van der Waals surface area contributed by atoms with Gasteiger partial charge in [-0.1, -0.05) is 12.1 Å². The molecule has 1 saturated heterocycles. The standard InChI is InChI=1S/C24H24F2N2O6/c25-23(26)34-17-9-5-15(6-10-17)21(31)27-12-18(14-3-7-16(29)8-4-14)22(32)28-24-11-1-2-20(24)33-13-19(24)30/h3-10,18,20,23,29H,1-2,11-13H2,(H,27,31)(H,28,32). The van der Waals surface area contributed by atoms with Crippen molar-refractivity contribution < 1.29 is 37.7 Å². The van der Waals surface area contributed by atoms with Crippen LogP contribution >= 0.6 is 0 Å². The van der Waals surface area contributed by atoms with Crippen molar-refractivity contribution in [1.29, 1.82) is 0 Å². The van der Waals surface area contributed by atoms with E-state index in [1.807, 2.05) is 0 Å². The number of alkyl halides is 2. The average Bonchev–Trinajstić information content (AvgIpc) is 3.34. The Kier molecular flexibility index (Phi) is 6.78. The van der Waals surface area contributed by atoms with Gasteiger partial charge >= 0.3 is 6.61 Å². The topological polar surface area (TPSA) is 114 Å². The maximum atomic E-state index is 13.3. The highest BCUT2D eigenvalue weighted by Gasteiger charge is 2.55. The first-order chi connectivity index (χ1) is 16.3. The Labute approximate surface area is 194 Å². The van der Waals surface area contributed by atoms with Gasteiger partial charge in [0.1, 0.15) is 23.6 Å². The molecule has 1 heterocycles. The maximum Gasteiger partial charge on any atom is 0.387 e. The lowest BCUT2D eigenvalue weighted by Gasteiger charge is -2.30. The van der Waals surface area contributed by atoms with Gasteiger partial charge in [-0.05, 0) is 61.2 Å². The lowest BCUT2D eigenvalue weighted by molar-refractivity contribution is -0.130. The Balaban J connectivity index is 1.49. The molecule has 0 bridgehead atoms. The number of hydrogen-bond donors (Lipinski definition) is 3. The van der Waals surface area contributed by atoms with Crippen LogP contribution in [-0.2, 0) is 14.3 Å². The van der Waals surface area contributed by atoms with Gasteiger partial charge in [0, 0.05) is 12.1 Å². The van der Waals surface area contributed by atoms with Crippen molar-refractivity contribution in [3.8, 4) is 11.5 Å². The van der Waals surface area contributed by atoms with Crippen LogP contribution in [0.3, 0.4) is 0 Å². The summed E-state index contributed by atoms with van der Waals surface area (Å²) in [7, 11) is 0. The molecule has 2 amide bonds. The maximum absolute atomic E-state index is 13.3. The first-order valence-electron chi connectivity index (χ1n) is 10.9. The minimum absolute atomic E-state index is 0.0203. The number of Topliss-reactive ketones (excluding diaryl/α,β-unsaturated/α-hetero) is 1. The van der Waals surface area contributed by atoms with Gasteiger partial charge in [-0.3, -0.25) is 14.4 Å². The summed E-state index contributed by atoms with van der Waals surface area (Å²) in [4.78, 5) is 38.5. The molecule has 3 N–H and O–H groups in total. The summed E-state index contributed by atoms with van der Waals surface area (Å²) < 4.78 is 34.5. The van der Waals surface area contributed by atoms with Crippen molar-refractivity contribution in [1.82, 2.24) is 10.6 Å². The summed E-state index contributed by atoms with van der Waals surface area (Å²) in [5, 5.41) is 15.2. The highest BCUT2D eigenvalue weighted by Crippen LogP contribution is 2.38. The fourth-order valence-corrected chi connectivity index (χ4v) is 4.50. The number of ketones is 1. The quantitative estimate of drug-likeness (QED) is 0.542. The predicted molar refractivity (Wildman–Crippen MR) is 116 cm³/mol. The van der Waals surface area contributed by atoms with E-state index in [0.29, 0.717) is 18.4 Å². The zero-order valence-electron chi connectivity index (χ0n) is 18.1. The van der Waals surface area contributed by atoms with Gasteiger partial charge in [0.05, 0.1) is 12.0 Å². The van der Waals surface area contributed by atoms with Crippen LogP contribution in [0.1, 0.15) is 41.1 Å². The summed E-state index contributed by atoms with van der Waals surface area (Å²) in [6.45, 7) is -3.11. The van der Waals surface area contributed by atoms with Crippen molar-refractivity contribution in [2.75, 3.05) is 13.2 Å². The minimum atomic E-state index is -2.97. The third-order valence-electron chi connectivity index (χ3n) is 6.27. The number of benzene rings is 2. The molecule has 3 atom stereocenters. The summed E-state index contributed by atoms with van der Waals surface area (Å²) in [6.07, 6.45) is 1.55. The van der Waals surface area contributed by atoms with E-state index in [4.69, 9.17) is 4.74 Å². The lowest BCUT2D eigenvalue weighted by Crippen LogP contribution is -2.57. The SMILES string of the molecule is O=C(NCC(C(=O)NC12CCCC1OCC2=O)c1ccc(O)cc1)c1ccc(OC(F)F)cc1. The molecular weight excluding hydrogens is 450 g/mol. The molecule has 1 aliphatic heterocycles. The molecule has 2 aromatic rings. The second kappa shape index (κ2) is 9.76. The molecule has 180 valence electrons. The van der Waals surface area contributed by atoms with E-state index in [0.717, 1.165) is 6.42 Å². The first-order valence-corrected chi connectivity index (χ1v) is 10.9. The molecule has 1 saturated carbocycles. The molecule has 8 nitrogen and oxygen atoms in total. The molecule has 2 aliphatic rings. The number of carbonyl (C=O) groups excluding carboxylic acids is 3. The smallest absolute Gasteiger partial charge is 0.387 e.